The number of rotatable bonds is 14. The van der Waals surface area contributed by atoms with E-state index < -0.39 is 37.6 Å². The van der Waals surface area contributed by atoms with E-state index in [0.717, 1.165) is 41.2 Å². The molecule has 16 heteroatoms. The second-order valence-corrected chi connectivity index (χ2v) is 65.5. The normalized spacial score (nSPS) is 12.5. The molecule has 0 unspecified atom stereocenters. The molecule has 0 radical (unpaired) electrons. The van der Waals surface area contributed by atoms with Crippen LogP contribution >= 0.6 is 66.1 Å². The SMILES string of the molecule is C=Cc1ccc(-c2[nH]c3c4cc([Si](C)(C)C)sc4c4sc([Si](C)(C)C)cc4c3[n+]2-c2ccccc2)cc1.CP(Br)(c1ccccc1)(c1ccccc1)c1ccccc1.C[Si](C)(C)c1cc2c3[nH]c(-c4ccc(C=O)cc4)[n+](-c4ccccc4)c3c3cc([Si](C)(C)C)sc3c2s1.[CH2-]CCC.[Li+]. The Balaban J connectivity index is 0.000000152. The van der Waals surface area contributed by atoms with Gasteiger partial charge in [-0.15, -0.1) is 45.3 Å². The maximum Gasteiger partial charge on any atom is 1.00 e. The number of hydrogen-bond donors (Lipinski definition) is 2. The van der Waals surface area contributed by atoms with Gasteiger partial charge in [0.2, 0.25) is 0 Å². The molecule has 0 fully saturated rings. The van der Waals surface area contributed by atoms with Gasteiger partial charge in [-0.2, -0.15) is 15.6 Å². The van der Waals surface area contributed by atoms with E-state index in [2.05, 4.69) is 340 Å². The van der Waals surface area contributed by atoms with Crippen LogP contribution in [0, 0.1) is 6.92 Å². The molecular formula is C84H91BrLiN4OPS4Si4+2. The number of para-hydroxylation sites is 2. The molecule has 100 heavy (non-hydrogen) atoms. The predicted octanol–water partition coefficient (Wildman–Crippen LogP) is 18.8. The van der Waals surface area contributed by atoms with Crippen molar-refractivity contribution in [3.8, 4) is 34.2 Å². The van der Waals surface area contributed by atoms with Gasteiger partial charge in [-0.05, 0) is 96.4 Å². The second-order valence-electron chi connectivity index (χ2n) is 30.0. The second kappa shape index (κ2) is 29.7. The van der Waals surface area contributed by atoms with E-state index in [4.69, 9.17) is 0 Å². The van der Waals surface area contributed by atoms with Gasteiger partial charge in [0, 0.05) is 27.1 Å². The first-order chi connectivity index (χ1) is 47.1. The number of imidazole rings is 2. The summed E-state index contributed by atoms with van der Waals surface area (Å²) in [6.07, 6.45) is 5.08. The Morgan fingerprint density at radius 2 is 0.710 bits per heavy atom. The Hall–Kier alpha value is -6.46. The number of H-pyrrole nitrogens is 2. The van der Waals surface area contributed by atoms with Gasteiger partial charge in [-0.25, -0.2) is 9.97 Å². The van der Waals surface area contributed by atoms with Gasteiger partial charge in [-0.3, -0.25) is 4.79 Å². The predicted molar refractivity (Wildman–Crippen MR) is 460 cm³/mol. The molecule has 0 saturated carbocycles. The minimum atomic E-state index is -2.56. The number of hydrogen-bond acceptors (Lipinski definition) is 5. The maximum absolute atomic E-state index is 11.3. The molecule has 6 heterocycles. The number of nitrogens with one attached hydrogen (secondary N) is 2. The van der Waals surface area contributed by atoms with E-state index in [9.17, 15) is 4.79 Å². The Morgan fingerprint density at radius 1 is 0.440 bits per heavy atom. The minimum absolute atomic E-state index is 0. The monoisotopic (exact) mass is 1530 g/mol. The van der Waals surface area contributed by atoms with Crippen molar-refractivity contribution in [1.29, 1.82) is 0 Å². The summed E-state index contributed by atoms with van der Waals surface area (Å²) in [7, 11) is -5.94. The number of aldehydes is 1. The number of carbonyl (C=O) groups is 1. The van der Waals surface area contributed by atoms with E-state index in [0.29, 0.717) is 5.56 Å². The van der Waals surface area contributed by atoms with Crippen LogP contribution in [0.15, 0.2) is 231 Å². The Kier molecular flexibility index (Phi) is 22.2. The van der Waals surface area contributed by atoms with Gasteiger partial charge >= 0.3 is 153 Å². The Morgan fingerprint density at radius 3 is 0.980 bits per heavy atom. The summed E-state index contributed by atoms with van der Waals surface area (Å²) >= 11 is 12.3. The van der Waals surface area contributed by atoms with Gasteiger partial charge in [0.05, 0.1) is 62.2 Å². The van der Waals surface area contributed by atoms with E-state index in [1.807, 2.05) is 75.7 Å². The summed E-state index contributed by atoms with van der Waals surface area (Å²) in [6.45, 7) is 41.4. The third kappa shape index (κ3) is 14.6. The van der Waals surface area contributed by atoms with Crippen LogP contribution in [0.1, 0.15) is 35.7 Å². The van der Waals surface area contributed by atoms with E-state index in [-0.39, 0.29) is 18.9 Å². The molecule has 0 aliphatic heterocycles. The average Bonchev–Trinajstić information content (AvgIpc) is 1.55. The molecule has 6 aromatic heterocycles. The van der Waals surface area contributed by atoms with Crippen molar-refractivity contribution in [2.75, 3.05) is 6.66 Å². The van der Waals surface area contributed by atoms with E-state index >= 15 is 0 Å². The van der Waals surface area contributed by atoms with Gasteiger partial charge in [0.25, 0.3) is 11.6 Å². The van der Waals surface area contributed by atoms with Crippen LogP contribution in [0.3, 0.4) is 0 Å². The van der Waals surface area contributed by atoms with Crippen LogP contribution in [0.5, 0.6) is 0 Å². The van der Waals surface area contributed by atoms with Crippen LogP contribution < -0.4 is 61.9 Å². The van der Waals surface area contributed by atoms with Crippen LogP contribution in [0.25, 0.3) is 103 Å². The van der Waals surface area contributed by atoms with Crippen LogP contribution in [0.4, 0.5) is 0 Å². The first-order valence-electron chi connectivity index (χ1n) is 34.2. The third-order valence-corrected chi connectivity index (χ3v) is 45.9. The zero-order valence-corrected chi connectivity index (χ0v) is 70.4. The zero-order valence-electron chi connectivity index (χ0n) is 60.6. The van der Waals surface area contributed by atoms with Gasteiger partial charge in [-0.1, -0.05) is 165 Å². The Bertz CT molecular complexity index is 5020. The van der Waals surface area contributed by atoms with Crippen molar-refractivity contribution >= 4 is 207 Å². The topological polar surface area (TPSA) is 56.4 Å². The molecule has 0 atom stereocenters. The number of aromatic nitrogens is 4. The molecule has 15 rings (SSSR count). The zero-order chi connectivity index (χ0) is 70.4. The fourth-order valence-corrected chi connectivity index (χ4v) is 30.7. The van der Waals surface area contributed by atoms with Crippen molar-refractivity contribution < 1.29 is 32.8 Å². The van der Waals surface area contributed by atoms with Crippen LogP contribution in [-0.4, -0.2) is 55.2 Å². The molecule has 0 spiro atoms. The fraction of sp³-hybridized carbons (Fsp3) is 0.190. The summed E-state index contributed by atoms with van der Waals surface area (Å²) < 4.78 is 16.8. The Labute approximate surface area is 632 Å². The summed E-state index contributed by atoms with van der Waals surface area (Å²) in [4.78, 5) is 19.2. The quantitative estimate of drug-likeness (QED) is 0.0368. The molecule has 0 bridgehead atoms. The smallest absolute Gasteiger partial charge is 0.343 e. The maximum atomic E-state index is 11.3. The third-order valence-electron chi connectivity index (χ3n) is 18.4. The van der Waals surface area contributed by atoms with Crippen molar-refractivity contribution in [2.45, 2.75) is 98.3 Å². The van der Waals surface area contributed by atoms with Gasteiger partial charge in [0.1, 0.15) is 17.7 Å². The number of unbranched alkanes of at least 4 members (excludes halogenated alkanes) is 1. The summed E-state index contributed by atoms with van der Waals surface area (Å²) in [5.41, 5.74) is 11.3. The summed E-state index contributed by atoms with van der Waals surface area (Å²) in [5, 5.41) is 6.89. The molecule has 2 N–H and O–H groups in total. The number of fused-ring (bicyclic) bond motifs is 12. The van der Waals surface area contributed by atoms with Crippen LogP contribution in [-0.2, 0) is 0 Å². The van der Waals surface area contributed by atoms with E-state index in [1.54, 1.807) is 9.00 Å². The molecule has 9 aromatic carbocycles. The largest absolute Gasteiger partial charge is 1.00 e. The molecule has 5 nitrogen and oxygen atoms in total. The van der Waals surface area contributed by atoms with Crippen molar-refractivity contribution in [1.82, 2.24) is 9.97 Å². The number of halogens is 1. The van der Waals surface area contributed by atoms with Crippen molar-refractivity contribution in [2.24, 2.45) is 0 Å². The molecule has 15 aromatic rings. The molecule has 0 aliphatic rings. The molecule has 0 amide bonds. The number of aromatic amines is 2. The van der Waals surface area contributed by atoms with E-state index in [1.165, 1.54) is 105 Å². The minimum Gasteiger partial charge on any atom is -0.343 e. The molecule has 504 valence electrons. The summed E-state index contributed by atoms with van der Waals surface area (Å²) in [5.74, 6) is 2.15. The van der Waals surface area contributed by atoms with Crippen LogP contribution in [0.2, 0.25) is 78.6 Å². The number of nitrogens with zero attached hydrogens (tertiary/aromatic N) is 2. The first kappa shape index (κ1) is 74.7. The standard InChI is InChI=1S/C31H32N2S2Si2.C30H30N2OS2Si2.C19H18BrP.C4H9.Li/c1-8-20-14-16-21(17-15-20)31-32-27-23-18-25(36(2,3)4)34-29(23)30-24(19-26(35-30)37(5,6)7)28(27)33(31)22-12-10-9-11-13-22;1-36(2,3)24-16-22-26-27(23-17-25(37(4,5)6)35-29(23)28(22)34-24)32(21-10-8-7-9-11-21)30(31-26)20-14-12-19(18-33)13-15-20;1-21(20,17-11-5-2-6-12-17,18-13-7-3-8-14-18)19-15-9-4-10-16-19;1-3-4-2;/h8-19H,1H2,2-7H3;7-18H,1-6H3;2-16H,1H3;1,3-4H2,2H3;/q;;;-1;+1/p+2. The average molecular weight is 1530 g/mol. The van der Waals surface area contributed by atoms with Crippen molar-refractivity contribution in [3.05, 3.63) is 249 Å². The first-order valence-corrected chi connectivity index (χ1v) is 56.2. The fourth-order valence-electron chi connectivity index (χ4n) is 12.6. The van der Waals surface area contributed by atoms with Gasteiger partial charge in [0.15, 0.2) is 22.1 Å². The molecule has 0 aliphatic carbocycles. The molecule has 0 saturated heterocycles. The van der Waals surface area contributed by atoms with Crippen molar-refractivity contribution in [3.63, 3.8) is 0 Å². The summed E-state index contributed by atoms with van der Waals surface area (Å²) in [6, 6.07) is 80.3. The van der Waals surface area contributed by atoms with Gasteiger partial charge < -0.3 is 6.92 Å². The number of thiophene rings is 4. The molecular weight excluding hydrogens is 1440 g/mol. The number of benzene rings is 9. The number of carbonyl (C=O) groups excluding carboxylic acids is 1.